The van der Waals surface area contributed by atoms with Gasteiger partial charge in [-0.15, -0.1) is 0 Å². The first-order chi connectivity index (χ1) is 16.3. The van der Waals surface area contributed by atoms with Crippen LogP contribution in [0.15, 0.2) is 42.5 Å². The molecular formula is C24H33F2N3O5S. The molecule has 2 aliphatic rings. The number of aliphatic hydroxyl groups is 1. The third-order valence-electron chi connectivity index (χ3n) is 6.72. The van der Waals surface area contributed by atoms with E-state index in [1.54, 1.807) is 18.0 Å². The number of rotatable bonds is 12. The Labute approximate surface area is 205 Å². The largest absolute Gasteiger partial charge is 0.382 e. The van der Waals surface area contributed by atoms with Gasteiger partial charge in [-0.2, -0.15) is 8.78 Å². The van der Waals surface area contributed by atoms with Crippen molar-refractivity contribution in [3.05, 3.63) is 48.0 Å². The number of benzene rings is 1. The van der Waals surface area contributed by atoms with Crippen molar-refractivity contribution in [2.75, 3.05) is 26.4 Å². The van der Waals surface area contributed by atoms with Crippen LogP contribution >= 0.6 is 0 Å². The number of nitrogens with zero attached hydrogens (tertiary/aromatic N) is 2. The van der Waals surface area contributed by atoms with Crippen LogP contribution in [0, 0.1) is 5.41 Å². The highest BCUT2D eigenvalue weighted by Crippen LogP contribution is 2.53. The molecule has 1 aromatic rings. The van der Waals surface area contributed by atoms with Crippen LogP contribution in [-0.4, -0.2) is 73.8 Å². The molecule has 1 saturated carbocycles. The molecule has 2 fully saturated rings. The van der Waals surface area contributed by atoms with E-state index >= 15 is 0 Å². The fourth-order valence-electron chi connectivity index (χ4n) is 4.49. The van der Waals surface area contributed by atoms with Gasteiger partial charge in [-0.1, -0.05) is 42.5 Å². The summed E-state index contributed by atoms with van der Waals surface area (Å²) in [6, 6.07) is 6.46. The molecule has 35 heavy (non-hydrogen) atoms. The molecule has 2 atom stereocenters. The molecule has 1 saturated heterocycles. The highest BCUT2D eigenvalue weighted by molar-refractivity contribution is 7.89. The molecular weight excluding hydrogens is 480 g/mol. The Hall–Kier alpha value is -2.53. The summed E-state index contributed by atoms with van der Waals surface area (Å²) in [6.07, 6.45) is 5.45. The maximum atomic E-state index is 14.6. The second kappa shape index (κ2) is 10.6. The zero-order valence-corrected chi connectivity index (χ0v) is 20.8. The fourth-order valence-corrected chi connectivity index (χ4v) is 5.01. The SMILES string of the molecule is CN1C[C@H](/C=C/C(O)C(F)(F)c2ccccc2)N(CCCC2(CCC(=O)NS(C)(=O)=O)CC2)C1=O. The van der Waals surface area contributed by atoms with Crippen LogP contribution in [-0.2, 0) is 20.7 Å². The summed E-state index contributed by atoms with van der Waals surface area (Å²) >= 11 is 0. The Morgan fingerprint density at radius 2 is 1.94 bits per heavy atom. The Bertz CT molecular complexity index is 1040. The number of aliphatic hydroxyl groups excluding tert-OH is 1. The van der Waals surface area contributed by atoms with Crippen molar-refractivity contribution in [2.45, 2.75) is 56.6 Å². The lowest BCUT2D eigenvalue weighted by atomic mass is 9.94. The zero-order chi connectivity index (χ0) is 25.9. The van der Waals surface area contributed by atoms with Gasteiger partial charge < -0.3 is 14.9 Å². The zero-order valence-electron chi connectivity index (χ0n) is 20.0. The molecule has 0 bridgehead atoms. The highest BCUT2D eigenvalue weighted by Gasteiger charge is 2.43. The van der Waals surface area contributed by atoms with Gasteiger partial charge in [-0.25, -0.2) is 13.2 Å². The Morgan fingerprint density at radius 1 is 1.29 bits per heavy atom. The van der Waals surface area contributed by atoms with Gasteiger partial charge in [0, 0.05) is 32.1 Å². The van der Waals surface area contributed by atoms with Gasteiger partial charge >= 0.3 is 12.0 Å². The van der Waals surface area contributed by atoms with Crippen LogP contribution in [0.5, 0.6) is 0 Å². The molecule has 1 aliphatic carbocycles. The third-order valence-corrected chi connectivity index (χ3v) is 7.32. The highest BCUT2D eigenvalue weighted by atomic mass is 32.2. The number of halogens is 2. The normalized spacial score (nSPS) is 20.9. The number of sulfonamides is 1. The van der Waals surface area contributed by atoms with Gasteiger partial charge in [0.05, 0.1) is 12.3 Å². The van der Waals surface area contributed by atoms with Gasteiger partial charge in [0.2, 0.25) is 15.9 Å². The van der Waals surface area contributed by atoms with E-state index in [4.69, 9.17) is 0 Å². The molecule has 1 aromatic carbocycles. The number of hydrogen-bond donors (Lipinski definition) is 2. The van der Waals surface area contributed by atoms with Crippen LogP contribution in [0.25, 0.3) is 0 Å². The molecule has 1 aliphatic heterocycles. The second-order valence-corrected chi connectivity index (χ2v) is 11.4. The van der Waals surface area contributed by atoms with Gasteiger partial charge in [-0.05, 0) is 37.5 Å². The number of hydrogen-bond acceptors (Lipinski definition) is 5. The third kappa shape index (κ3) is 7.23. The molecule has 1 unspecified atom stereocenters. The number of carbonyl (C=O) groups excluding carboxylic acids is 2. The molecule has 3 rings (SSSR count). The quantitative estimate of drug-likeness (QED) is 0.418. The maximum absolute atomic E-state index is 14.6. The van der Waals surface area contributed by atoms with Gasteiger partial charge in [0.25, 0.3) is 0 Å². The van der Waals surface area contributed by atoms with Crippen molar-refractivity contribution in [1.82, 2.24) is 14.5 Å². The summed E-state index contributed by atoms with van der Waals surface area (Å²) in [5.41, 5.74) is -0.309. The Kier molecular flexibility index (Phi) is 8.21. The van der Waals surface area contributed by atoms with E-state index < -0.39 is 34.0 Å². The van der Waals surface area contributed by atoms with Crippen LogP contribution in [0.2, 0.25) is 0 Å². The maximum Gasteiger partial charge on any atom is 0.320 e. The summed E-state index contributed by atoms with van der Waals surface area (Å²) in [5.74, 6) is -3.98. The molecule has 2 N–H and O–H groups in total. The number of alkyl halides is 2. The van der Waals surface area contributed by atoms with Crippen molar-refractivity contribution in [1.29, 1.82) is 0 Å². The predicted molar refractivity (Wildman–Crippen MR) is 127 cm³/mol. The minimum absolute atomic E-state index is 0.0250. The average molecular weight is 514 g/mol. The summed E-state index contributed by atoms with van der Waals surface area (Å²) in [5, 5.41) is 10.2. The fraction of sp³-hybridized carbons (Fsp3) is 0.583. The van der Waals surface area contributed by atoms with E-state index in [2.05, 4.69) is 0 Å². The molecule has 194 valence electrons. The van der Waals surface area contributed by atoms with E-state index in [1.807, 2.05) is 4.72 Å². The molecule has 0 radical (unpaired) electrons. The molecule has 0 spiro atoms. The van der Waals surface area contributed by atoms with Crippen molar-refractivity contribution >= 4 is 22.0 Å². The second-order valence-electron chi connectivity index (χ2n) is 9.64. The van der Waals surface area contributed by atoms with Crippen LogP contribution in [0.3, 0.4) is 0 Å². The standard InChI is InChI=1S/C24H33F2N3O5S/c1-28-17-19(9-10-20(30)24(25,26)18-7-4-3-5-8-18)29(22(28)32)16-6-12-23(14-15-23)13-11-21(31)27-35(2,33)34/h3-5,7-10,19-20,30H,6,11-17H2,1-2H3,(H,27,31)/b10-9+/t19-,20?/m0/s1. The first kappa shape index (κ1) is 27.1. The van der Waals surface area contributed by atoms with Crippen molar-refractivity contribution in [3.63, 3.8) is 0 Å². The molecule has 1 heterocycles. The summed E-state index contributed by atoms with van der Waals surface area (Å²) in [4.78, 5) is 27.5. The first-order valence-electron chi connectivity index (χ1n) is 11.7. The number of likely N-dealkylation sites (N-methyl/N-ethyl adjacent to an activating group) is 1. The smallest absolute Gasteiger partial charge is 0.320 e. The van der Waals surface area contributed by atoms with Gasteiger partial charge in [-0.3, -0.25) is 9.52 Å². The number of carbonyl (C=O) groups is 2. The summed E-state index contributed by atoms with van der Waals surface area (Å²) in [7, 11) is -1.93. The number of nitrogens with one attached hydrogen (secondary N) is 1. The lowest BCUT2D eigenvalue weighted by Gasteiger charge is -2.24. The lowest BCUT2D eigenvalue weighted by molar-refractivity contribution is -0.119. The predicted octanol–water partition coefficient (Wildman–Crippen LogP) is 2.85. The van der Waals surface area contributed by atoms with E-state index in [9.17, 15) is 31.9 Å². The lowest BCUT2D eigenvalue weighted by Crippen LogP contribution is -2.35. The average Bonchev–Trinajstić information content (AvgIpc) is 3.51. The molecule has 0 aromatic heterocycles. The monoisotopic (exact) mass is 513 g/mol. The minimum Gasteiger partial charge on any atom is -0.382 e. The Morgan fingerprint density at radius 3 is 2.54 bits per heavy atom. The van der Waals surface area contributed by atoms with Crippen molar-refractivity contribution < 1.29 is 31.9 Å². The minimum atomic E-state index is -3.57. The van der Waals surface area contributed by atoms with Gasteiger partial charge in [0.1, 0.15) is 6.10 Å². The first-order valence-corrected chi connectivity index (χ1v) is 13.5. The number of urea groups is 1. The van der Waals surface area contributed by atoms with Crippen LogP contribution in [0.4, 0.5) is 13.6 Å². The van der Waals surface area contributed by atoms with E-state index in [-0.39, 0.29) is 23.4 Å². The summed E-state index contributed by atoms with van der Waals surface area (Å²) < 4.78 is 53.5. The van der Waals surface area contributed by atoms with Crippen LogP contribution < -0.4 is 4.72 Å². The summed E-state index contributed by atoms with van der Waals surface area (Å²) in [6.45, 7) is 0.746. The topological polar surface area (TPSA) is 107 Å². The van der Waals surface area contributed by atoms with E-state index in [1.165, 1.54) is 35.2 Å². The molecule has 8 nitrogen and oxygen atoms in total. The van der Waals surface area contributed by atoms with E-state index in [0.717, 1.165) is 31.6 Å². The van der Waals surface area contributed by atoms with Gasteiger partial charge in [0.15, 0.2) is 0 Å². The molecule has 3 amide bonds. The van der Waals surface area contributed by atoms with Crippen molar-refractivity contribution in [3.8, 4) is 0 Å². The molecule has 11 heteroatoms. The van der Waals surface area contributed by atoms with Crippen LogP contribution in [0.1, 0.15) is 44.1 Å². The number of amides is 3. The van der Waals surface area contributed by atoms with Crippen molar-refractivity contribution in [2.24, 2.45) is 5.41 Å². The van der Waals surface area contributed by atoms with E-state index in [0.29, 0.717) is 25.9 Å². The Balaban J connectivity index is 1.54.